The van der Waals surface area contributed by atoms with Crippen LogP contribution in [0.3, 0.4) is 0 Å². The lowest BCUT2D eigenvalue weighted by molar-refractivity contribution is -0.132. The van der Waals surface area contributed by atoms with E-state index in [0.717, 1.165) is 25.9 Å². The number of amides is 3. The fourth-order valence-electron chi connectivity index (χ4n) is 2.19. The maximum atomic E-state index is 12.2. The maximum absolute atomic E-state index is 12.2. The van der Waals surface area contributed by atoms with E-state index in [-0.39, 0.29) is 18.5 Å². The zero-order chi connectivity index (χ0) is 15.2. The van der Waals surface area contributed by atoms with E-state index in [1.165, 1.54) is 28.7 Å². The Kier molecular flexibility index (Phi) is 5.13. The number of hydrogen-bond donors (Lipinski definition) is 1. The van der Waals surface area contributed by atoms with Crippen LogP contribution in [0, 0.1) is 0 Å². The third-order valence-corrected chi connectivity index (χ3v) is 3.41. The molecular formula is C13H22N6O2. The van der Waals surface area contributed by atoms with Gasteiger partial charge in [0.1, 0.15) is 6.54 Å². The van der Waals surface area contributed by atoms with Gasteiger partial charge in [0, 0.05) is 27.2 Å². The number of likely N-dealkylation sites (tertiary alicyclic amines) is 1. The Morgan fingerprint density at radius 2 is 1.90 bits per heavy atom. The minimum Gasteiger partial charge on any atom is -0.341 e. The molecule has 0 unspecified atom stereocenters. The average molecular weight is 294 g/mol. The predicted molar refractivity (Wildman–Crippen MR) is 77.8 cm³/mol. The highest BCUT2D eigenvalue weighted by Gasteiger charge is 2.17. The first-order chi connectivity index (χ1) is 10.1. The van der Waals surface area contributed by atoms with Crippen molar-refractivity contribution in [3.05, 3.63) is 6.20 Å². The van der Waals surface area contributed by atoms with Gasteiger partial charge in [-0.3, -0.25) is 10.1 Å². The molecule has 1 saturated heterocycles. The van der Waals surface area contributed by atoms with Gasteiger partial charge in [0.15, 0.2) is 5.82 Å². The van der Waals surface area contributed by atoms with E-state index in [0.29, 0.717) is 5.82 Å². The highest BCUT2D eigenvalue weighted by molar-refractivity contribution is 5.87. The zero-order valence-electron chi connectivity index (χ0n) is 12.6. The van der Waals surface area contributed by atoms with Crippen molar-refractivity contribution in [2.75, 3.05) is 32.5 Å². The van der Waals surface area contributed by atoms with Crippen LogP contribution in [-0.4, -0.2) is 63.9 Å². The van der Waals surface area contributed by atoms with Gasteiger partial charge < -0.3 is 9.80 Å². The average Bonchev–Trinajstić information content (AvgIpc) is 2.72. The number of nitrogens with one attached hydrogen (secondary N) is 1. The molecule has 1 aromatic heterocycles. The Balaban J connectivity index is 1.89. The summed E-state index contributed by atoms with van der Waals surface area (Å²) in [6.07, 6.45) is 5.93. The second-order valence-corrected chi connectivity index (χ2v) is 5.38. The maximum Gasteiger partial charge on any atom is 0.322 e. The van der Waals surface area contributed by atoms with Crippen LogP contribution in [0.15, 0.2) is 6.20 Å². The number of urea groups is 1. The number of rotatable bonds is 3. The van der Waals surface area contributed by atoms with Gasteiger partial charge >= 0.3 is 6.03 Å². The van der Waals surface area contributed by atoms with Gasteiger partial charge in [0.2, 0.25) is 5.91 Å². The Bertz CT molecular complexity index is 491. The number of nitrogens with zero attached hydrogens (tertiary/aromatic N) is 5. The second kappa shape index (κ2) is 7.05. The lowest BCUT2D eigenvalue weighted by Gasteiger charge is -2.19. The number of anilines is 1. The smallest absolute Gasteiger partial charge is 0.322 e. The molecule has 1 aliphatic rings. The summed E-state index contributed by atoms with van der Waals surface area (Å²) >= 11 is 0. The van der Waals surface area contributed by atoms with Crippen molar-refractivity contribution in [3.63, 3.8) is 0 Å². The van der Waals surface area contributed by atoms with E-state index >= 15 is 0 Å². The molecule has 0 aromatic carbocycles. The van der Waals surface area contributed by atoms with E-state index in [9.17, 15) is 9.59 Å². The largest absolute Gasteiger partial charge is 0.341 e. The summed E-state index contributed by atoms with van der Waals surface area (Å²) in [6.45, 7) is 1.73. The van der Waals surface area contributed by atoms with E-state index in [1.54, 1.807) is 14.1 Å². The molecule has 0 atom stereocenters. The topological polar surface area (TPSA) is 83.4 Å². The molecule has 1 N–H and O–H groups in total. The van der Waals surface area contributed by atoms with Gasteiger partial charge in [0.25, 0.3) is 0 Å². The molecule has 0 saturated carbocycles. The third-order valence-electron chi connectivity index (χ3n) is 3.41. The quantitative estimate of drug-likeness (QED) is 0.892. The molecule has 116 valence electrons. The molecule has 3 amide bonds. The van der Waals surface area contributed by atoms with Crippen molar-refractivity contribution in [2.24, 2.45) is 0 Å². The SMILES string of the molecule is CN(C)C(=O)Nc1cnn(CC(=O)N2CCCCCC2)n1. The summed E-state index contributed by atoms with van der Waals surface area (Å²) in [5, 5.41) is 10.7. The summed E-state index contributed by atoms with van der Waals surface area (Å²) in [6, 6.07) is -0.277. The summed E-state index contributed by atoms with van der Waals surface area (Å²) in [7, 11) is 3.28. The number of carbonyl (C=O) groups is 2. The molecule has 2 heterocycles. The van der Waals surface area contributed by atoms with Crippen molar-refractivity contribution < 1.29 is 9.59 Å². The molecule has 0 spiro atoms. The normalized spacial score (nSPS) is 15.4. The van der Waals surface area contributed by atoms with Gasteiger partial charge in [0.05, 0.1) is 6.20 Å². The Labute approximate surface area is 124 Å². The van der Waals surface area contributed by atoms with E-state index < -0.39 is 0 Å². The first kappa shape index (κ1) is 15.3. The molecule has 8 nitrogen and oxygen atoms in total. The zero-order valence-corrected chi connectivity index (χ0v) is 12.6. The molecule has 1 aliphatic heterocycles. The van der Waals surface area contributed by atoms with Crippen molar-refractivity contribution in [1.82, 2.24) is 24.8 Å². The standard InChI is InChI=1S/C13H22N6O2/c1-17(2)13(21)15-11-9-14-19(16-11)10-12(20)18-7-5-3-4-6-8-18/h9H,3-8,10H2,1-2H3,(H,15,16,21). The fourth-order valence-corrected chi connectivity index (χ4v) is 2.19. The van der Waals surface area contributed by atoms with Crippen LogP contribution in [0.25, 0.3) is 0 Å². The van der Waals surface area contributed by atoms with Gasteiger partial charge in [-0.15, -0.1) is 5.10 Å². The predicted octanol–water partition coefficient (Wildman–Crippen LogP) is 0.774. The molecule has 0 radical (unpaired) electrons. The molecule has 2 rings (SSSR count). The Morgan fingerprint density at radius 3 is 2.52 bits per heavy atom. The van der Waals surface area contributed by atoms with Crippen molar-refractivity contribution in [3.8, 4) is 0 Å². The molecule has 1 aromatic rings. The van der Waals surface area contributed by atoms with Gasteiger partial charge in [-0.2, -0.15) is 9.90 Å². The van der Waals surface area contributed by atoms with Crippen LogP contribution in [0.4, 0.5) is 10.6 Å². The van der Waals surface area contributed by atoms with Gasteiger partial charge in [-0.05, 0) is 12.8 Å². The lowest BCUT2D eigenvalue weighted by Crippen LogP contribution is -2.35. The molecule has 0 aliphatic carbocycles. The van der Waals surface area contributed by atoms with Crippen LogP contribution < -0.4 is 5.32 Å². The van der Waals surface area contributed by atoms with Crippen molar-refractivity contribution in [2.45, 2.75) is 32.2 Å². The van der Waals surface area contributed by atoms with Crippen molar-refractivity contribution >= 4 is 17.8 Å². The van der Waals surface area contributed by atoms with Crippen LogP contribution in [0.5, 0.6) is 0 Å². The minimum absolute atomic E-state index is 0.0259. The van der Waals surface area contributed by atoms with Gasteiger partial charge in [-0.25, -0.2) is 4.79 Å². The monoisotopic (exact) mass is 294 g/mol. The van der Waals surface area contributed by atoms with E-state index in [2.05, 4.69) is 15.5 Å². The summed E-state index contributed by atoms with van der Waals surface area (Å²) in [5.74, 6) is 0.371. The van der Waals surface area contributed by atoms with Crippen molar-refractivity contribution in [1.29, 1.82) is 0 Å². The fraction of sp³-hybridized carbons (Fsp3) is 0.692. The summed E-state index contributed by atoms with van der Waals surface area (Å²) in [5.41, 5.74) is 0. The third kappa shape index (κ3) is 4.44. The van der Waals surface area contributed by atoms with E-state index in [1.807, 2.05) is 4.90 Å². The van der Waals surface area contributed by atoms with Crippen LogP contribution >= 0.6 is 0 Å². The first-order valence-corrected chi connectivity index (χ1v) is 7.22. The van der Waals surface area contributed by atoms with Crippen LogP contribution in [0.1, 0.15) is 25.7 Å². The Morgan fingerprint density at radius 1 is 1.24 bits per heavy atom. The van der Waals surface area contributed by atoms with Crippen LogP contribution in [-0.2, 0) is 11.3 Å². The van der Waals surface area contributed by atoms with Crippen LogP contribution in [0.2, 0.25) is 0 Å². The van der Waals surface area contributed by atoms with Gasteiger partial charge in [-0.1, -0.05) is 12.8 Å². The molecule has 1 fully saturated rings. The van der Waals surface area contributed by atoms with E-state index in [4.69, 9.17) is 0 Å². The lowest BCUT2D eigenvalue weighted by atomic mass is 10.2. The number of aromatic nitrogens is 3. The molecular weight excluding hydrogens is 272 g/mol. The number of hydrogen-bond acceptors (Lipinski definition) is 4. The highest BCUT2D eigenvalue weighted by Crippen LogP contribution is 2.10. The summed E-state index contributed by atoms with van der Waals surface area (Å²) < 4.78 is 0. The molecule has 8 heteroatoms. The minimum atomic E-state index is -0.277. The highest BCUT2D eigenvalue weighted by atomic mass is 16.2. The molecule has 21 heavy (non-hydrogen) atoms. The number of carbonyl (C=O) groups excluding carboxylic acids is 2. The first-order valence-electron chi connectivity index (χ1n) is 7.22. The summed E-state index contributed by atoms with van der Waals surface area (Å²) in [4.78, 5) is 28.3. The second-order valence-electron chi connectivity index (χ2n) is 5.38. The Hall–Kier alpha value is -2.12. The molecule has 0 bridgehead atoms.